The first-order valence-corrected chi connectivity index (χ1v) is 7.24. The molecule has 0 radical (unpaired) electrons. The van der Waals surface area contributed by atoms with E-state index in [0.717, 1.165) is 10.1 Å². The largest absolute Gasteiger partial charge is 0.338 e. The van der Waals surface area contributed by atoms with Gasteiger partial charge in [0, 0.05) is 40.0 Å². The lowest BCUT2D eigenvalue weighted by Crippen LogP contribution is -2.37. The summed E-state index contributed by atoms with van der Waals surface area (Å²) in [6.45, 7) is 0.314. The lowest BCUT2D eigenvalue weighted by atomic mass is 10.2. The minimum atomic E-state index is -0.469. The molecular formula is C17H18FN3O3. The molecule has 2 aromatic rings. The fraction of sp³-hybridized carbons (Fsp3) is 0.235. The van der Waals surface area contributed by atoms with Crippen LogP contribution >= 0.6 is 0 Å². The number of amides is 1. The molecule has 0 saturated carbocycles. The van der Waals surface area contributed by atoms with Crippen LogP contribution in [0.2, 0.25) is 0 Å². The Morgan fingerprint density at radius 1 is 1.21 bits per heavy atom. The summed E-state index contributed by atoms with van der Waals surface area (Å²) in [6.07, 6.45) is 4.03. The molecule has 0 aliphatic carbocycles. The Bertz CT molecular complexity index is 895. The van der Waals surface area contributed by atoms with E-state index in [4.69, 9.17) is 0 Å². The first-order chi connectivity index (χ1) is 11.3. The summed E-state index contributed by atoms with van der Waals surface area (Å²) in [5, 5.41) is 0. The predicted molar refractivity (Wildman–Crippen MR) is 88.8 cm³/mol. The van der Waals surface area contributed by atoms with E-state index in [0.29, 0.717) is 6.54 Å². The molecule has 0 unspecified atom stereocenters. The van der Waals surface area contributed by atoms with Gasteiger partial charge in [0.15, 0.2) is 0 Å². The molecule has 0 fully saturated rings. The number of nitrogens with zero attached hydrogens (tertiary/aromatic N) is 3. The maximum absolute atomic E-state index is 12.9. The zero-order valence-corrected chi connectivity index (χ0v) is 13.7. The van der Waals surface area contributed by atoms with Crippen molar-refractivity contribution >= 4 is 12.0 Å². The molecule has 0 aliphatic rings. The van der Waals surface area contributed by atoms with E-state index >= 15 is 0 Å². The summed E-state index contributed by atoms with van der Waals surface area (Å²) in [6, 6.07) is 5.87. The number of carbonyl (C=O) groups is 1. The molecule has 0 atom stereocenters. The van der Waals surface area contributed by atoms with E-state index in [9.17, 15) is 18.8 Å². The molecule has 24 heavy (non-hydrogen) atoms. The third-order valence-electron chi connectivity index (χ3n) is 3.59. The number of hydrogen-bond acceptors (Lipinski definition) is 3. The third-order valence-corrected chi connectivity index (χ3v) is 3.59. The number of halogens is 1. The molecule has 0 aliphatic heterocycles. The fourth-order valence-electron chi connectivity index (χ4n) is 2.18. The van der Waals surface area contributed by atoms with Gasteiger partial charge in [0.2, 0.25) is 5.91 Å². The quantitative estimate of drug-likeness (QED) is 0.782. The fourth-order valence-corrected chi connectivity index (χ4v) is 2.18. The van der Waals surface area contributed by atoms with Crippen LogP contribution in [0.4, 0.5) is 4.39 Å². The van der Waals surface area contributed by atoms with Gasteiger partial charge in [-0.3, -0.25) is 14.2 Å². The normalized spacial score (nSPS) is 11.0. The van der Waals surface area contributed by atoms with Gasteiger partial charge in [0.25, 0.3) is 5.56 Å². The smallest absolute Gasteiger partial charge is 0.330 e. The molecule has 0 bridgehead atoms. The summed E-state index contributed by atoms with van der Waals surface area (Å²) in [7, 11) is 4.51. The number of carbonyl (C=O) groups excluding carboxylic acids is 1. The Morgan fingerprint density at radius 3 is 2.46 bits per heavy atom. The van der Waals surface area contributed by atoms with Crippen molar-refractivity contribution in [1.29, 1.82) is 0 Å². The van der Waals surface area contributed by atoms with Crippen LogP contribution in [0.15, 0.2) is 46.1 Å². The van der Waals surface area contributed by atoms with Gasteiger partial charge in [-0.1, -0.05) is 12.1 Å². The highest BCUT2D eigenvalue weighted by atomic mass is 19.1. The Kier molecular flexibility index (Phi) is 5.13. The summed E-state index contributed by atoms with van der Waals surface area (Å²) in [5.41, 5.74) is 0.127. The highest BCUT2D eigenvalue weighted by Gasteiger charge is 2.08. The number of likely N-dealkylation sites (N-methyl/N-ethyl adjacent to an activating group) is 1. The minimum Gasteiger partial charge on any atom is -0.338 e. The number of aromatic nitrogens is 2. The maximum atomic E-state index is 12.9. The zero-order valence-electron chi connectivity index (χ0n) is 13.7. The topological polar surface area (TPSA) is 64.3 Å². The summed E-state index contributed by atoms with van der Waals surface area (Å²) < 4.78 is 15.1. The molecule has 2 rings (SSSR count). The lowest BCUT2D eigenvalue weighted by molar-refractivity contribution is -0.125. The molecule has 1 amide bonds. The van der Waals surface area contributed by atoms with Crippen molar-refractivity contribution in [2.24, 2.45) is 14.1 Å². The lowest BCUT2D eigenvalue weighted by Gasteiger charge is -2.15. The van der Waals surface area contributed by atoms with Crippen molar-refractivity contribution in [2.45, 2.75) is 6.54 Å². The average Bonchev–Trinajstić information content (AvgIpc) is 2.56. The molecule has 7 heteroatoms. The Labute approximate surface area is 138 Å². The minimum absolute atomic E-state index is 0.239. The van der Waals surface area contributed by atoms with Crippen LogP contribution in [0, 0.1) is 5.82 Å². The number of hydrogen-bond donors (Lipinski definition) is 0. The zero-order chi connectivity index (χ0) is 17.9. The van der Waals surface area contributed by atoms with E-state index in [1.54, 1.807) is 19.2 Å². The van der Waals surface area contributed by atoms with Gasteiger partial charge in [-0.25, -0.2) is 9.18 Å². The van der Waals surface area contributed by atoms with Gasteiger partial charge in [-0.05, 0) is 23.8 Å². The Balaban J connectivity index is 2.14. The van der Waals surface area contributed by atoms with Crippen molar-refractivity contribution in [3.63, 3.8) is 0 Å². The van der Waals surface area contributed by atoms with E-state index in [-0.39, 0.29) is 17.3 Å². The van der Waals surface area contributed by atoms with Crippen LogP contribution in [-0.2, 0) is 25.4 Å². The first kappa shape index (κ1) is 17.4. The van der Waals surface area contributed by atoms with Crippen LogP contribution in [0.1, 0.15) is 11.1 Å². The van der Waals surface area contributed by atoms with Crippen LogP contribution in [0.25, 0.3) is 6.08 Å². The summed E-state index contributed by atoms with van der Waals surface area (Å²) in [5.74, 6) is -0.645. The van der Waals surface area contributed by atoms with Gasteiger partial charge in [-0.15, -0.1) is 0 Å². The molecule has 0 N–H and O–H groups in total. The van der Waals surface area contributed by atoms with Crippen molar-refractivity contribution in [3.05, 3.63) is 74.3 Å². The van der Waals surface area contributed by atoms with Crippen LogP contribution in [-0.4, -0.2) is 27.0 Å². The average molecular weight is 331 g/mol. The van der Waals surface area contributed by atoms with Crippen LogP contribution in [0.3, 0.4) is 0 Å². The molecule has 1 aromatic carbocycles. The monoisotopic (exact) mass is 331 g/mol. The summed E-state index contributed by atoms with van der Waals surface area (Å²) >= 11 is 0. The standard InChI is InChI=1S/C17H18FN3O3/c1-19(10-12-4-7-14(18)8-5-12)15(22)9-6-13-11-20(2)17(24)21(3)16(13)23/h4-9,11H,10H2,1-3H3/b9-6+. The predicted octanol–water partition coefficient (Wildman–Crippen LogP) is 0.895. The molecule has 6 nitrogen and oxygen atoms in total. The highest BCUT2D eigenvalue weighted by molar-refractivity contribution is 5.91. The number of aryl methyl sites for hydroxylation is 1. The molecule has 0 spiro atoms. The third kappa shape index (κ3) is 3.87. The van der Waals surface area contributed by atoms with Crippen molar-refractivity contribution in [2.75, 3.05) is 7.05 Å². The van der Waals surface area contributed by atoms with Gasteiger partial charge in [0.05, 0.1) is 5.56 Å². The van der Waals surface area contributed by atoms with Crippen LogP contribution in [0.5, 0.6) is 0 Å². The highest BCUT2D eigenvalue weighted by Crippen LogP contribution is 2.06. The van der Waals surface area contributed by atoms with Crippen molar-refractivity contribution in [1.82, 2.24) is 14.0 Å². The van der Waals surface area contributed by atoms with E-state index in [2.05, 4.69) is 0 Å². The molecule has 126 valence electrons. The second-order valence-electron chi connectivity index (χ2n) is 5.50. The Morgan fingerprint density at radius 2 is 1.83 bits per heavy atom. The SMILES string of the molecule is CN(Cc1ccc(F)cc1)C(=O)/C=C/c1cn(C)c(=O)n(C)c1=O. The Hall–Kier alpha value is -2.96. The first-order valence-electron chi connectivity index (χ1n) is 7.24. The maximum Gasteiger partial charge on any atom is 0.330 e. The molecule has 0 saturated heterocycles. The molecular weight excluding hydrogens is 313 g/mol. The van der Waals surface area contributed by atoms with Gasteiger partial charge < -0.3 is 9.47 Å². The van der Waals surface area contributed by atoms with E-state index < -0.39 is 11.2 Å². The molecule has 1 heterocycles. The molecule has 1 aromatic heterocycles. The van der Waals surface area contributed by atoms with Gasteiger partial charge in [0.1, 0.15) is 5.82 Å². The second kappa shape index (κ2) is 7.08. The number of benzene rings is 1. The van der Waals surface area contributed by atoms with Gasteiger partial charge >= 0.3 is 5.69 Å². The van der Waals surface area contributed by atoms with Crippen molar-refractivity contribution < 1.29 is 9.18 Å². The van der Waals surface area contributed by atoms with E-state index in [1.165, 1.54) is 54.0 Å². The van der Waals surface area contributed by atoms with Gasteiger partial charge in [-0.2, -0.15) is 0 Å². The van der Waals surface area contributed by atoms with Crippen molar-refractivity contribution in [3.8, 4) is 0 Å². The van der Waals surface area contributed by atoms with E-state index in [1.807, 2.05) is 0 Å². The second-order valence-corrected chi connectivity index (χ2v) is 5.50. The number of rotatable bonds is 4. The summed E-state index contributed by atoms with van der Waals surface area (Å²) in [4.78, 5) is 37.2. The van der Waals surface area contributed by atoms with Crippen LogP contribution < -0.4 is 11.2 Å².